The van der Waals surface area contributed by atoms with Gasteiger partial charge in [-0.05, 0) is 27.8 Å². The Balaban J connectivity index is 0. The first-order valence-electron chi connectivity index (χ1n) is 9.82. The highest BCUT2D eigenvalue weighted by Gasteiger charge is 2.28. The fraction of sp³-hybridized carbons (Fsp3) is 0.952. The lowest BCUT2D eigenvalue weighted by atomic mass is 9.94. The number of nitrogens with zero attached hydrogens (tertiary/aromatic N) is 3. The van der Waals surface area contributed by atoms with E-state index in [1.807, 2.05) is 39.5 Å². The highest BCUT2D eigenvalue weighted by Crippen LogP contribution is 2.18. The smallest absolute Gasteiger partial charge is 0.228 e. The van der Waals surface area contributed by atoms with Crippen molar-refractivity contribution in [1.29, 1.82) is 0 Å². The van der Waals surface area contributed by atoms with Crippen LogP contribution in [0.2, 0.25) is 0 Å². The number of piperazine rings is 1. The van der Waals surface area contributed by atoms with Gasteiger partial charge < -0.3 is 14.5 Å². The van der Waals surface area contributed by atoms with Crippen molar-refractivity contribution in [3.63, 3.8) is 0 Å². The van der Waals surface area contributed by atoms with Crippen LogP contribution in [0.3, 0.4) is 0 Å². The standard InChI is InChI=1S/C9H20N2.C9H17NO2.C2H6.CH4/c1-9(2,3)11-7-5-10(4)6-8-11;1-9(2,3)8(11)10-4-6-12-7-5-10;1-2;/h5-8H2,1-4H3;4-7H2,1-3H3;1-2H3;1H4. The quantitative estimate of drug-likeness (QED) is 0.650. The molecule has 2 aliphatic rings. The van der Waals surface area contributed by atoms with Crippen LogP contribution in [0.5, 0.6) is 0 Å². The Morgan fingerprint density at radius 1 is 0.808 bits per heavy atom. The SMILES string of the molecule is C.CC.CC(C)(C)C(=O)N1CCOCC1.CN1CCN(C(C)(C)C)CC1. The van der Waals surface area contributed by atoms with Gasteiger partial charge in [0.25, 0.3) is 0 Å². The van der Waals surface area contributed by atoms with E-state index in [1.54, 1.807) is 0 Å². The molecule has 2 heterocycles. The third-order valence-electron chi connectivity index (χ3n) is 4.39. The second-order valence-corrected chi connectivity index (χ2v) is 8.62. The Bertz CT molecular complexity index is 358. The van der Waals surface area contributed by atoms with E-state index in [0.717, 1.165) is 13.1 Å². The van der Waals surface area contributed by atoms with E-state index in [1.165, 1.54) is 26.2 Å². The number of hydrogen-bond donors (Lipinski definition) is 0. The zero-order valence-electron chi connectivity index (χ0n) is 18.3. The average Bonchev–Trinajstić information content (AvgIpc) is 2.56. The number of ether oxygens (including phenoxy) is 1. The van der Waals surface area contributed by atoms with Gasteiger partial charge in [0.2, 0.25) is 5.91 Å². The van der Waals surface area contributed by atoms with Gasteiger partial charge in [0.1, 0.15) is 0 Å². The summed E-state index contributed by atoms with van der Waals surface area (Å²) in [6.07, 6.45) is 0. The van der Waals surface area contributed by atoms with Crippen molar-refractivity contribution in [2.24, 2.45) is 5.41 Å². The molecule has 2 aliphatic heterocycles. The molecule has 158 valence electrons. The van der Waals surface area contributed by atoms with Gasteiger partial charge in [-0.1, -0.05) is 42.0 Å². The molecule has 5 heteroatoms. The van der Waals surface area contributed by atoms with E-state index in [4.69, 9.17) is 4.74 Å². The molecule has 1 amide bonds. The van der Waals surface area contributed by atoms with Crippen LogP contribution in [0.15, 0.2) is 0 Å². The van der Waals surface area contributed by atoms with Crippen molar-refractivity contribution in [1.82, 2.24) is 14.7 Å². The zero-order chi connectivity index (χ0) is 19.7. The number of carbonyl (C=O) groups is 1. The molecule has 2 saturated heterocycles. The first-order chi connectivity index (χ1) is 11.5. The Labute approximate surface area is 164 Å². The minimum atomic E-state index is -0.253. The predicted molar refractivity (Wildman–Crippen MR) is 114 cm³/mol. The minimum absolute atomic E-state index is 0. The van der Waals surface area contributed by atoms with E-state index >= 15 is 0 Å². The molecule has 5 nitrogen and oxygen atoms in total. The molecule has 0 saturated carbocycles. The van der Waals surface area contributed by atoms with Crippen LogP contribution in [0, 0.1) is 5.41 Å². The van der Waals surface area contributed by atoms with E-state index < -0.39 is 0 Å². The lowest BCUT2D eigenvalue weighted by molar-refractivity contribution is -0.143. The van der Waals surface area contributed by atoms with Gasteiger partial charge in [0, 0.05) is 50.2 Å². The molecule has 0 spiro atoms. The fourth-order valence-electron chi connectivity index (χ4n) is 2.72. The third-order valence-corrected chi connectivity index (χ3v) is 4.39. The molecule has 0 bridgehead atoms. The van der Waals surface area contributed by atoms with E-state index in [9.17, 15) is 4.79 Å². The van der Waals surface area contributed by atoms with Crippen LogP contribution < -0.4 is 0 Å². The Hall–Kier alpha value is -0.650. The molecule has 0 radical (unpaired) electrons. The zero-order valence-corrected chi connectivity index (χ0v) is 18.3. The van der Waals surface area contributed by atoms with Crippen LogP contribution in [0.25, 0.3) is 0 Å². The van der Waals surface area contributed by atoms with E-state index in [2.05, 4.69) is 37.6 Å². The Kier molecular flexibility index (Phi) is 13.5. The Morgan fingerprint density at radius 2 is 1.23 bits per heavy atom. The van der Waals surface area contributed by atoms with Crippen molar-refractivity contribution in [3.8, 4) is 0 Å². The van der Waals surface area contributed by atoms with Gasteiger partial charge in [0.05, 0.1) is 13.2 Å². The summed E-state index contributed by atoms with van der Waals surface area (Å²) in [5, 5.41) is 0. The molecular formula is C21H47N3O2. The van der Waals surface area contributed by atoms with Crippen LogP contribution in [0.1, 0.15) is 62.8 Å². The normalized spacial score (nSPS) is 19.3. The van der Waals surface area contributed by atoms with Crippen molar-refractivity contribution < 1.29 is 9.53 Å². The molecule has 0 aliphatic carbocycles. The van der Waals surface area contributed by atoms with Gasteiger partial charge in [-0.25, -0.2) is 0 Å². The number of likely N-dealkylation sites (N-methyl/N-ethyl adjacent to an activating group) is 1. The summed E-state index contributed by atoms with van der Waals surface area (Å²) in [5.41, 5.74) is 0.110. The molecule has 0 aromatic carbocycles. The lowest BCUT2D eigenvalue weighted by Crippen LogP contribution is -2.52. The molecule has 0 unspecified atom stereocenters. The first-order valence-corrected chi connectivity index (χ1v) is 9.82. The monoisotopic (exact) mass is 373 g/mol. The predicted octanol–water partition coefficient (Wildman–Crippen LogP) is 3.59. The second kappa shape index (κ2) is 12.7. The molecule has 0 atom stereocenters. The largest absolute Gasteiger partial charge is 0.378 e. The molecule has 0 aromatic rings. The van der Waals surface area contributed by atoms with Gasteiger partial charge in [-0.2, -0.15) is 0 Å². The summed E-state index contributed by atoms with van der Waals surface area (Å²) in [4.78, 5) is 18.5. The summed E-state index contributed by atoms with van der Waals surface area (Å²) in [6.45, 7) is 24.5. The summed E-state index contributed by atoms with van der Waals surface area (Å²) < 4.78 is 5.17. The van der Waals surface area contributed by atoms with Crippen LogP contribution >= 0.6 is 0 Å². The van der Waals surface area contributed by atoms with Crippen LogP contribution in [-0.4, -0.2) is 85.7 Å². The minimum Gasteiger partial charge on any atom is -0.378 e. The molecular weight excluding hydrogens is 326 g/mol. The van der Waals surface area contributed by atoms with Crippen molar-refractivity contribution in [2.75, 3.05) is 59.5 Å². The molecule has 0 N–H and O–H groups in total. The highest BCUT2D eigenvalue weighted by molar-refractivity contribution is 5.81. The summed E-state index contributed by atoms with van der Waals surface area (Å²) in [5.74, 6) is 0.228. The van der Waals surface area contributed by atoms with Crippen LogP contribution in [-0.2, 0) is 9.53 Å². The highest BCUT2D eigenvalue weighted by atomic mass is 16.5. The van der Waals surface area contributed by atoms with Crippen molar-refractivity contribution in [2.45, 2.75) is 68.4 Å². The van der Waals surface area contributed by atoms with Gasteiger partial charge >= 0.3 is 0 Å². The fourth-order valence-corrected chi connectivity index (χ4v) is 2.72. The number of amides is 1. The van der Waals surface area contributed by atoms with Crippen molar-refractivity contribution in [3.05, 3.63) is 0 Å². The lowest BCUT2D eigenvalue weighted by Gasteiger charge is -2.41. The van der Waals surface area contributed by atoms with Gasteiger partial charge in [-0.3, -0.25) is 9.69 Å². The summed E-state index contributed by atoms with van der Waals surface area (Å²) in [7, 11) is 2.19. The maximum Gasteiger partial charge on any atom is 0.228 e. The molecule has 26 heavy (non-hydrogen) atoms. The second-order valence-electron chi connectivity index (χ2n) is 8.62. The molecule has 0 aromatic heterocycles. The number of rotatable bonds is 0. The van der Waals surface area contributed by atoms with Gasteiger partial charge in [0.15, 0.2) is 0 Å². The number of hydrogen-bond acceptors (Lipinski definition) is 4. The van der Waals surface area contributed by atoms with E-state index in [0.29, 0.717) is 18.8 Å². The Morgan fingerprint density at radius 3 is 1.58 bits per heavy atom. The summed E-state index contributed by atoms with van der Waals surface area (Å²) in [6, 6.07) is 0. The van der Waals surface area contributed by atoms with E-state index in [-0.39, 0.29) is 18.7 Å². The number of carbonyl (C=O) groups excluding carboxylic acids is 1. The third kappa shape index (κ3) is 10.5. The number of morpholine rings is 1. The van der Waals surface area contributed by atoms with Gasteiger partial charge in [-0.15, -0.1) is 0 Å². The topological polar surface area (TPSA) is 36.0 Å². The molecule has 2 rings (SSSR count). The maximum absolute atomic E-state index is 11.7. The molecule has 2 fully saturated rings. The van der Waals surface area contributed by atoms with Crippen LogP contribution in [0.4, 0.5) is 0 Å². The average molecular weight is 374 g/mol. The maximum atomic E-state index is 11.7. The van der Waals surface area contributed by atoms with Crippen molar-refractivity contribution >= 4 is 5.91 Å². The summed E-state index contributed by atoms with van der Waals surface area (Å²) >= 11 is 0. The first kappa shape index (κ1) is 27.6.